The normalized spacial score (nSPS) is 20.3. The van der Waals surface area contributed by atoms with Gasteiger partial charge in [0.2, 0.25) is 5.95 Å². The Hall–Kier alpha value is -2.79. The van der Waals surface area contributed by atoms with Crippen LogP contribution in [0.2, 0.25) is 5.15 Å². The number of Topliss-reactive ketones (excluding diaryl/α,β-unsaturated/α-hetero) is 1. The molecule has 1 aliphatic rings. The third-order valence-corrected chi connectivity index (χ3v) is 6.10. The summed E-state index contributed by atoms with van der Waals surface area (Å²) < 4.78 is 11.3. The topological polar surface area (TPSA) is 143 Å². The van der Waals surface area contributed by atoms with E-state index in [-0.39, 0.29) is 24.1 Å². The summed E-state index contributed by atoms with van der Waals surface area (Å²) >= 11 is 6.59. The minimum Gasteiger partial charge on any atom is -0.454 e. The fourth-order valence-corrected chi connectivity index (χ4v) is 4.25. The number of fused-ring (bicyclic) bond motifs is 1. The molecule has 4 rings (SSSR count). The van der Waals surface area contributed by atoms with Gasteiger partial charge in [-0.3, -0.25) is 9.78 Å². The van der Waals surface area contributed by atoms with Crippen molar-refractivity contribution in [2.45, 2.75) is 38.8 Å². The monoisotopic (exact) mass is 489 g/mol. The Kier molecular flexibility index (Phi) is 7.62. The molecule has 3 aromatic heterocycles. The number of ketones is 1. The molecule has 0 amide bonds. The van der Waals surface area contributed by atoms with Crippen LogP contribution in [0, 0.1) is 5.92 Å². The van der Waals surface area contributed by atoms with E-state index in [1.807, 2.05) is 26.0 Å². The van der Waals surface area contributed by atoms with Crippen LogP contribution >= 0.6 is 11.6 Å². The zero-order valence-electron chi connectivity index (χ0n) is 19.0. The summed E-state index contributed by atoms with van der Waals surface area (Å²) in [6.07, 6.45) is 1.43. The Balaban J connectivity index is 1.72. The molecular formula is C23H28ClN5O5. The molecule has 0 saturated heterocycles. The molecule has 0 unspecified atom stereocenters. The van der Waals surface area contributed by atoms with Gasteiger partial charge in [-0.15, -0.1) is 0 Å². The van der Waals surface area contributed by atoms with E-state index in [1.54, 1.807) is 6.20 Å². The van der Waals surface area contributed by atoms with Crippen LogP contribution in [0.3, 0.4) is 0 Å². The van der Waals surface area contributed by atoms with Gasteiger partial charge in [0, 0.05) is 30.1 Å². The van der Waals surface area contributed by atoms with Crippen molar-refractivity contribution in [3.05, 3.63) is 29.2 Å². The van der Waals surface area contributed by atoms with Crippen molar-refractivity contribution in [2.75, 3.05) is 37.0 Å². The molecule has 34 heavy (non-hydrogen) atoms. The lowest BCUT2D eigenvalue weighted by molar-refractivity contribution is -0.128. The summed E-state index contributed by atoms with van der Waals surface area (Å²) in [4.78, 5) is 25.5. The zero-order chi connectivity index (χ0) is 24.2. The van der Waals surface area contributed by atoms with E-state index >= 15 is 0 Å². The van der Waals surface area contributed by atoms with Crippen molar-refractivity contribution in [2.24, 2.45) is 5.92 Å². The van der Waals surface area contributed by atoms with Gasteiger partial charge in [0.05, 0.1) is 31.0 Å². The highest BCUT2D eigenvalue weighted by atomic mass is 35.5. The molecular weight excluding hydrogens is 462 g/mol. The number of nitrogens with zero attached hydrogens (tertiary/aromatic N) is 3. The minimum atomic E-state index is -1.28. The highest BCUT2D eigenvalue weighted by Gasteiger charge is 2.41. The standard InChI is InChI=1S/C23H28ClN5O5/c1-3-14-7-12-9-16(34-17(12)10-26-14)18-21(24)28-23(25-5-6-33-4-2)29-22(18)27-15-8-13(11-30)19(31)20(15)32/h7,9-10,13,15,20,30,32H,3-6,8,11H2,1-2H3,(H2,25,27,28,29)/t13-,15-,20+/m1/s1. The highest BCUT2D eigenvalue weighted by molar-refractivity contribution is 6.32. The zero-order valence-corrected chi connectivity index (χ0v) is 19.8. The Morgan fingerprint density at radius 1 is 1.29 bits per heavy atom. The van der Waals surface area contributed by atoms with Gasteiger partial charge in [-0.05, 0) is 31.9 Å². The fourth-order valence-electron chi connectivity index (χ4n) is 3.99. The van der Waals surface area contributed by atoms with Crippen LogP contribution < -0.4 is 10.6 Å². The first-order valence-electron chi connectivity index (χ1n) is 11.3. The number of pyridine rings is 1. The van der Waals surface area contributed by atoms with Crippen molar-refractivity contribution in [1.29, 1.82) is 0 Å². The lowest BCUT2D eigenvalue weighted by Crippen LogP contribution is -2.33. The number of carbonyl (C=O) groups excluding carboxylic acids is 1. The summed E-state index contributed by atoms with van der Waals surface area (Å²) in [5.41, 5.74) is 1.92. The Labute approximate surface area is 201 Å². The van der Waals surface area contributed by atoms with E-state index in [0.717, 1.165) is 17.5 Å². The molecule has 1 aliphatic carbocycles. The minimum absolute atomic E-state index is 0.136. The lowest BCUT2D eigenvalue weighted by Gasteiger charge is -2.19. The molecule has 182 valence electrons. The molecule has 3 atom stereocenters. The second-order valence-electron chi connectivity index (χ2n) is 8.08. The van der Waals surface area contributed by atoms with Crippen molar-refractivity contribution in [3.63, 3.8) is 0 Å². The molecule has 11 heteroatoms. The smallest absolute Gasteiger partial charge is 0.226 e. The number of aryl methyl sites for hydroxylation is 1. The number of furan rings is 1. The van der Waals surface area contributed by atoms with Crippen LogP contribution in [0.15, 0.2) is 22.7 Å². The maximum absolute atomic E-state index is 12.2. The predicted molar refractivity (Wildman–Crippen MR) is 128 cm³/mol. The Bertz CT molecular complexity index is 1170. The van der Waals surface area contributed by atoms with E-state index in [1.165, 1.54) is 0 Å². The van der Waals surface area contributed by atoms with Gasteiger partial charge in [-0.25, -0.2) is 4.98 Å². The van der Waals surface area contributed by atoms with E-state index in [2.05, 4.69) is 25.6 Å². The fraction of sp³-hybridized carbons (Fsp3) is 0.478. The maximum Gasteiger partial charge on any atom is 0.226 e. The number of rotatable bonds is 10. The summed E-state index contributed by atoms with van der Waals surface area (Å²) in [5.74, 6) is -0.0481. The number of aliphatic hydroxyl groups is 2. The Morgan fingerprint density at radius 2 is 2.12 bits per heavy atom. The molecule has 1 saturated carbocycles. The number of ether oxygens (including phenoxy) is 1. The summed E-state index contributed by atoms with van der Waals surface area (Å²) in [5, 5.41) is 27.1. The Morgan fingerprint density at radius 3 is 2.82 bits per heavy atom. The van der Waals surface area contributed by atoms with Gasteiger partial charge in [0.1, 0.15) is 22.8 Å². The van der Waals surface area contributed by atoms with Crippen LogP contribution in [0.4, 0.5) is 11.8 Å². The van der Waals surface area contributed by atoms with Gasteiger partial charge in [0.25, 0.3) is 0 Å². The molecule has 3 aromatic rings. The van der Waals surface area contributed by atoms with E-state index in [9.17, 15) is 15.0 Å². The molecule has 0 radical (unpaired) electrons. The van der Waals surface area contributed by atoms with Crippen LogP contribution in [-0.2, 0) is 16.0 Å². The summed E-state index contributed by atoms with van der Waals surface area (Å²) in [7, 11) is 0. The molecule has 1 fully saturated rings. The number of nitrogens with one attached hydrogen (secondary N) is 2. The molecule has 0 aliphatic heterocycles. The van der Waals surface area contributed by atoms with Gasteiger partial charge >= 0.3 is 0 Å². The third kappa shape index (κ3) is 5.00. The van der Waals surface area contributed by atoms with Crippen LogP contribution in [-0.4, -0.2) is 69.5 Å². The molecule has 0 aromatic carbocycles. The first-order valence-corrected chi connectivity index (χ1v) is 11.7. The number of carbonyl (C=O) groups is 1. The number of hydrogen-bond acceptors (Lipinski definition) is 10. The molecule has 10 nitrogen and oxygen atoms in total. The second-order valence-corrected chi connectivity index (χ2v) is 8.43. The molecule has 4 N–H and O–H groups in total. The highest BCUT2D eigenvalue weighted by Crippen LogP contribution is 2.38. The average Bonchev–Trinajstić information content (AvgIpc) is 3.36. The summed E-state index contributed by atoms with van der Waals surface area (Å²) in [6.45, 7) is 5.13. The van der Waals surface area contributed by atoms with E-state index in [0.29, 0.717) is 42.5 Å². The van der Waals surface area contributed by atoms with E-state index < -0.39 is 23.8 Å². The number of halogens is 1. The van der Waals surface area contributed by atoms with Crippen LogP contribution in [0.5, 0.6) is 0 Å². The second kappa shape index (κ2) is 10.6. The van der Waals surface area contributed by atoms with Crippen LogP contribution in [0.25, 0.3) is 22.3 Å². The van der Waals surface area contributed by atoms with Gasteiger partial charge < -0.3 is 30.0 Å². The summed E-state index contributed by atoms with van der Waals surface area (Å²) in [6, 6.07) is 3.13. The number of aliphatic hydroxyl groups excluding tert-OH is 2. The first-order chi connectivity index (χ1) is 16.4. The molecule has 0 spiro atoms. The van der Waals surface area contributed by atoms with Crippen molar-refractivity contribution >= 4 is 40.1 Å². The van der Waals surface area contributed by atoms with Crippen molar-refractivity contribution in [1.82, 2.24) is 15.0 Å². The maximum atomic E-state index is 12.2. The quantitative estimate of drug-likeness (QED) is 0.248. The largest absolute Gasteiger partial charge is 0.454 e. The third-order valence-electron chi connectivity index (χ3n) is 5.82. The SMILES string of the molecule is CCOCCNc1nc(Cl)c(-c2cc3cc(CC)ncc3o2)c(N[C@@H]2C[C@H](CO)C(=O)[C@H]2O)n1. The van der Waals surface area contributed by atoms with Gasteiger partial charge in [-0.1, -0.05) is 18.5 Å². The van der Waals surface area contributed by atoms with Crippen LogP contribution in [0.1, 0.15) is 26.0 Å². The molecule has 0 bridgehead atoms. The van der Waals surface area contributed by atoms with Crippen molar-refractivity contribution in [3.8, 4) is 11.3 Å². The van der Waals surface area contributed by atoms with E-state index in [4.69, 9.17) is 20.8 Å². The lowest BCUT2D eigenvalue weighted by atomic mass is 10.1. The average molecular weight is 490 g/mol. The number of aromatic nitrogens is 3. The predicted octanol–water partition coefficient (Wildman–Crippen LogP) is 2.67. The number of hydrogen-bond donors (Lipinski definition) is 4. The van der Waals surface area contributed by atoms with Gasteiger partial charge in [0.15, 0.2) is 11.4 Å². The number of anilines is 2. The van der Waals surface area contributed by atoms with Crippen molar-refractivity contribution < 1.29 is 24.2 Å². The van der Waals surface area contributed by atoms with Gasteiger partial charge in [-0.2, -0.15) is 4.98 Å². The molecule has 3 heterocycles. The first kappa shape index (κ1) is 24.3.